The predicted octanol–water partition coefficient (Wildman–Crippen LogP) is 2.59. The van der Waals surface area contributed by atoms with Crippen LogP contribution in [-0.4, -0.2) is 23.6 Å². The van der Waals surface area contributed by atoms with Gasteiger partial charge in [-0.15, -0.1) is 5.10 Å². The predicted molar refractivity (Wildman–Crippen MR) is 68.4 cm³/mol. The normalized spacial score (nSPS) is 12.4. The van der Waals surface area contributed by atoms with Gasteiger partial charge < -0.3 is 0 Å². The minimum Gasteiger partial charge on any atom is -0.261 e. The molecule has 0 spiro atoms. The first-order valence-electron chi connectivity index (χ1n) is 5.38. The smallest absolute Gasteiger partial charge is 0.261 e. The Bertz CT molecular complexity index is 773. The number of H-pyrrole nitrogens is 1. The Labute approximate surface area is 122 Å². The van der Waals surface area contributed by atoms with Gasteiger partial charge in [0.25, 0.3) is 16.0 Å². The van der Waals surface area contributed by atoms with Gasteiger partial charge in [0, 0.05) is 5.02 Å². The second-order valence-corrected chi connectivity index (χ2v) is 6.08. The quantitative estimate of drug-likeness (QED) is 0.899. The molecule has 2 aromatic rings. The number of aryl methyl sites for hydroxylation is 1. The summed E-state index contributed by atoms with van der Waals surface area (Å²) in [5.74, 6) is -0.0459. The summed E-state index contributed by atoms with van der Waals surface area (Å²) in [6.45, 7) is 1.51. The maximum Gasteiger partial charge on any atom is 0.417 e. The average Bonchev–Trinajstić information content (AvgIpc) is 2.72. The molecule has 0 aliphatic carbocycles. The van der Waals surface area contributed by atoms with E-state index >= 15 is 0 Å². The summed E-state index contributed by atoms with van der Waals surface area (Å²) in [5, 5.41) is 5.64. The Hall–Kier alpha value is -1.81. The van der Waals surface area contributed by atoms with E-state index in [9.17, 15) is 21.6 Å². The van der Waals surface area contributed by atoms with Gasteiger partial charge in [-0.05, 0) is 25.1 Å². The Morgan fingerprint density at radius 2 is 2.00 bits per heavy atom. The Morgan fingerprint density at radius 1 is 1.33 bits per heavy atom. The fraction of sp³-hybridized carbons (Fsp3) is 0.200. The molecule has 114 valence electrons. The van der Waals surface area contributed by atoms with Gasteiger partial charge in [0.2, 0.25) is 0 Å². The maximum atomic E-state index is 12.9. The molecule has 0 amide bonds. The number of aromatic amines is 1. The van der Waals surface area contributed by atoms with Crippen molar-refractivity contribution in [1.29, 1.82) is 0 Å². The van der Waals surface area contributed by atoms with Gasteiger partial charge in [-0.3, -0.25) is 5.10 Å². The van der Waals surface area contributed by atoms with Crippen LogP contribution in [0.1, 0.15) is 11.4 Å². The van der Waals surface area contributed by atoms with Gasteiger partial charge in [0.1, 0.15) is 5.82 Å². The zero-order chi connectivity index (χ0) is 15.8. The van der Waals surface area contributed by atoms with Crippen molar-refractivity contribution < 1.29 is 21.6 Å². The zero-order valence-electron chi connectivity index (χ0n) is 10.4. The monoisotopic (exact) mass is 340 g/mol. The highest BCUT2D eigenvalue weighted by molar-refractivity contribution is 7.92. The standard InChI is InChI=1S/C10H8ClF3N4O2S/c1-5-15-9(17-16-5)18-21(19,20)8-3-2-6(11)4-7(8)10(12,13)14/h2-4H,1H3,(H2,15,16,17,18). The lowest BCUT2D eigenvalue weighted by Crippen LogP contribution is -2.19. The first kappa shape index (κ1) is 15.6. The van der Waals surface area contributed by atoms with Gasteiger partial charge in [0.15, 0.2) is 0 Å². The molecular formula is C10H8ClF3N4O2S. The van der Waals surface area contributed by atoms with E-state index in [1.165, 1.54) is 6.92 Å². The molecule has 0 aliphatic heterocycles. The van der Waals surface area contributed by atoms with E-state index in [1.54, 1.807) is 0 Å². The van der Waals surface area contributed by atoms with E-state index in [0.717, 1.165) is 12.1 Å². The first-order chi connectivity index (χ1) is 9.59. The number of nitrogens with one attached hydrogen (secondary N) is 2. The van der Waals surface area contributed by atoms with Crippen LogP contribution in [0.4, 0.5) is 19.1 Å². The molecule has 21 heavy (non-hydrogen) atoms. The van der Waals surface area contributed by atoms with Crippen LogP contribution in [0.25, 0.3) is 0 Å². The van der Waals surface area contributed by atoms with Gasteiger partial charge in [-0.1, -0.05) is 11.6 Å². The Kier molecular flexibility index (Phi) is 3.85. The van der Waals surface area contributed by atoms with E-state index in [4.69, 9.17) is 11.6 Å². The number of rotatable bonds is 3. The number of nitrogens with zero attached hydrogens (tertiary/aromatic N) is 2. The highest BCUT2D eigenvalue weighted by Gasteiger charge is 2.37. The highest BCUT2D eigenvalue weighted by atomic mass is 35.5. The van der Waals surface area contributed by atoms with E-state index in [2.05, 4.69) is 15.2 Å². The second kappa shape index (κ2) is 5.19. The van der Waals surface area contributed by atoms with Crippen LogP contribution in [0.3, 0.4) is 0 Å². The maximum absolute atomic E-state index is 12.9. The van der Waals surface area contributed by atoms with Crippen LogP contribution in [-0.2, 0) is 16.2 Å². The van der Waals surface area contributed by atoms with Gasteiger partial charge in [-0.25, -0.2) is 13.1 Å². The van der Waals surface area contributed by atoms with Crippen LogP contribution in [0.15, 0.2) is 23.1 Å². The molecule has 1 heterocycles. The summed E-state index contributed by atoms with van der Waals surface area (Å²) in [6.07, 6.45) is -4.87. The number of hydrogen-bond acceptors (Lipinski definition) is 4. The average molecular weight is 341 g/mol. The van der Waals surface area contributed by atoms with E-state index in [0.29, 0.717) is 11.9 Å². The molecular weight excluding hydrogens is 333 g/mol. The SMILES string of the molecule is Cc1nc(NS(=O)(=O)c2ccc(Cl)cc2C(F)(F)F)n[nH]1. The molecule has 2 rings (SSSR count). The molecule has 6 nitrogen and oxygen atoms in total. The minimum atomic E-state index is -4.87. The molecule has 11 heteroatoms. The summed E-state index contributed by atoms with van der Waals surface area (Å²) in [7, 11) is -4.50. The van der Waals surface area contributed by atoms with E-state index in [1.807, 2.05) is 4.72 Å². The van der Waals surface area contributed by atoms with Gasteiger partial charge >= 0.3 is 6.18 Å². The third-order valence-electron chi connectivity index (χ3n) is 2.36. The number of alkyl halides is 3. The molecule has 0 fully saturated rings. The van der Waals surface area contributed by atoms with Crippen molar-refractivity contribution in [3.05, 3.63) is 34.6 Å². The zero-order valence-corrected chi connectivity index (χ0v) is 11.9. The van der Waals surface area contributed by atoms with Gasteiger partial charge in [-0.2, -0.15) is 18.2 Å². The molecule has 0 saturated carbocycles. The van der Waals surface area contributed by atoms with E-state index < -0.39 is 26.7 Å². The molecule has 1 aromatic heterocycles. The van der Waals surface area contributed by atoms with Crippen LogP contribution >= 0.6 is 11.6 Å². The van der Waals surface area contributed by atoms with Crippen molar-refractivity contribution in [3.63, 3.8) is 0 Å². The van der Waals surface area contributed by atoms with Crippen molar-refractivity contribution in [2.45, 2.75) is 18.0 Å². The fourth-order valence-corrected chi connectivity index (χ4v) is 2.85. The van der Waals surface area contributed by atoms with Crippen molar-refractivity contribution in [1.82, 2.24) is 15.2 Å². The summed E-state index contributed by atoms with van der Waals surface area (Å²) >= 11 is 5.49. The molecule has 0 bridgehead atoms. The first-order valence-corrected chi connectivity index (χ1v) is 7.24. The topological polar surface area (TPSA) is 87.7 Å². The van der Waals surface area contributed by atoms with Crippen LogP contribution in [0.5, 0.6) is 0 Å². The second-order valence-electron chi connectivity index (χ2n) is 3.99. The number of sulfonamides is 1. The third-order valence-corrected chi connectivity index (χ3v) is 3.98. The molecule has 0 radical (unpaired) electrons. The summed E-state index contributed by atoms with van der Waals surface area (Å²) < 4.78 is 64.7. The van der Waals surface area contributed by atoms with Crippen molar-refractivity contribution >= 4 is 27.6 Å². The van der Waals surface area contributed by atoms with Crippen LogP contribution in [0, 0.1) is 6.92 Å². The lowest BCUT2D eigenvalue weighted by Gasteiger charge is -2.13. The number of benzene rings is 1. The molecule has 2 N–H and O–H groups in total. The molecule has 0 saturated heterocycles. The van der Waals surface area contributed by atoms with Crippen LogP contribution in [0.2, 0.25) is 5.02 Å². The molecule has 0 unspecified atom stereocenters. The highest BCUT2D eigenvalue weighted by Crippen LogP contribution is 2.36. The van der Waals surface area contributed by atoms with Crippen LogP contribution < -0.4 is 4.72 Å². The summed E-state index contributed by atoms with van der Waals surface area (Å²) in [4.78, 5) is 2.71. The lowest BCUT2D eigenvalue weighted by atomic mass is 10.2. The molecule has 0 atom stereocenters. The van der Waals surface area contributed by atoms with Crippen molar-refractivity contribution in [2.75, 3.05) is 4.72 Å². The summed E-state index contributed by atoms with van der Waals surface area (Å²) in [5.41, 5.74) is -1.37. The fourth-order valence-electron chi connectivity index (χ4n) is 1.52. The van der Waals surface area contributed by atoms with Gasteiger partial charge in [0.05, 0.1) is 10.5 Å². The van der Waals surface area contributed by atoms with Crippen molar-refractivity contribution in [3.8, 4) is 0 Å². The van der Waals surface area contributed by atoms with Crippen molar-refractivity contribution in [2.24, 2.45) is 0 Å². The number of anilines is 1. The summed E-state index contributed by atoms with van der Waals surface area (Å²) in [6, 6.07) is 2.36. The third kappa shape index (κ3) is 3.45. The number of hydrogen-bond donors (Lipinski definition) is 2. The Balaban J connectivity index is 2.50. The number of halogens is 4. The lowest BCUT2D eigenvalue weighted by molar-refractivity contribution is -0.139. The molecule has 1 aromatic carbocycles. The minimum absolute atomic E-state index is 0.227. The molecule has 0 aliphatic rings. The number of aromatic nitrogens is 3. The van der Waals surface area contributed by atoms with E-state index in [-0.39, 0.29) is 11.0 Å². The Morgan fingerprint density at radius 3 is 2.52 bits per heavy atom. The largest absolute Gasteiger partial charge is 0.417 e.